The first kappa shape index (κ1) is 15.7. The molecule has 21 heavy (non-hydrogen) atoms. The molecule has 2 rings (SSSR count). The number of ketones is 1. The van der Waals surface area contributed by atoms with Gasteiger partial charge < -0.3 is 9.64 Å². The fourth-order valence-electron chi connectivity index (χ4n) is 2.12. The second kappa shape index (κ2) is 5.60. The Morgan fingerprint density at radius 1 is 1.29 bits per heavy atom. The number of anilines is 1. The topological polar surface area (TPSA) is 63.7 Å². The molecule has 112 valence electrons. The Kier molecular flexibility index (Phi) is 4.18. The molecular weight excluding hydrogens is 338 g/mol. The maximum atomic E-state index is 12.0. The Morgan fingerprint density at radius 2 is 1.95 bits per heavy atom. The Morgan fingerprint density at radius 3 is 2.57 bits per heavy atom. The summed E-state index contributed by atoms with van der Waals surface area (Å²) in [4.78, 5) is 37.0. The maximum Gasteiger partial charge on any atom is 0.308 e. The van der Waals surface area contributed by atoms with Gasteiger partial charge in [0, 0.05) is 11.0 Å². The van der Waals surface area contributed by atoms with E-state index in [0.717, 1.165) is 0 Å². The zero-order valence-electron chi connectivity index (χ0n) is 12.1. The molecule has 0 unspecified atom stereocenters. The number of esters is 1. The molecule has 0 aliphatic carbocycles. The Hall–Kier alpha value is -1.69. The number of hydrogen-bond donors (Lipinski definition) is 0. The molecule has 0 spiro atoms. The number of para-hydroxylation sites is 1. The molecule has 0 atom stereocenters. The molecule has 0 radical (unpaired) electrons. The molecule has 0 saturated carbocycles. The average Bonchev–Trinajstić information content (AvgIpc) is 2.60. The van der Waals surface area contributed by atoms with E-state index in [2.05, 4.69) is 15.9 Å². The Balaban J connectivity index is 2.14. The fraction of sp³-hybridized carbons (Fsp3) is 0.400. The molecule has 6 heteroatoms. The van der Waals surface area contributed by atoms with E-state index in [-0.39, 0.29) is 13.0 Å². The van der Waals surface area contributed by atoms with Crippen LogP contribution in [0.5, 0.6) is 0 Å². The minimum atomic E-state index is -0.611. The summed E-state index contributed by atoms with van der Waals surface area (Å²) in [6.45, 7) is 5.46. The minimum Gasteiger partial charge on any atom is -0.460 e. The third-order valence-electron chi connectivity index (χ3n) is 2.90. The summed E-state index contributed by atoms with van der Waals surface area (Å²) < 4.78 is 5.86. The molecule has 0 bridgehead atoms. The number of ether oxygens (including phenoxy) is 1. The van der Waals surface area contributed by atoms with E-state index in [0.29, 0.717) is 15.7 Å². The number of fused-ring (bicyclic) bond motifs is 1. The first-order valence-corrected chi connectivity index (χ1v) is 7.36. The molecular formula is C15H16BrNO4. The van der Waals surface area contributed by atoms with Crippen LogP contribution in [0.4, 0.5) is 5.69 Å². The molecule has 0 N–H and O–H groups in total. The Labute approximate surface area is 131 Å². The fourth-order valence-corrected chi connectivity index (χ4v) is 2.70. The van der Waals surface area contributed by atoms with Crippen LogP contribution in [0.25, 0.3) is 0 Å². The third-order valence-corrected chi connectivity index (χ3v) is 3.54. The van der Waals surface area contributed by atoms with E-state index in [1.54, 1.807) is 39.0 Å². The smallest absolute Gasteiger partial charge is 0.308 e. The lowest BCUT2D eigenvalue weighted by Crippen LogP contribution is -2.33. The standard InChI is InChI=1S/C15H16BrNO4/c1-15(2,3)21-11(18)7-8-17-12-9(13(19)14(17)20)5-4-6-10(12)16/h4-6H,7-8H2,1-3H3. The first-order valence-electron chi connectivity index (χ1n) is 6.57. The van der Waals surface area contributed by atoms with Crippen molar-refractivity contribution in [3.63, 3.8) is 0 Å². The number of halogens is 1. The van der Waals surface area contributed by atoms with Crippen LogP contribution in [-0.2, 0) is 14.3 Å². The van der Waals surface area contributed by atoms with Gasteiger partial charge in [-0.3, -0.25) is 14.4 Å². The van der Waals surface area contributed by atoms with Crippen molar-refractivity contribution < 1.29 is 19.1 Å². The van der Waals surface area contributed by atoms with Gasteiger partial charge in [0.05, 0.1) is 17.7 Å². The number of benzene rings is 1. The monoisotopic (exact) mass is 353 g/mol. The van der Waals surface area contributed by atoms with Crippen molar-refractivity contribution in [3.8, 4) is 0 Å². The summed E-state index contributed by atoms with van der Waals surface area (Å²) in [5.74, 6) is -1.56. The van der Waals surface area contributed by atoms with Gasteiger partial charge in [0.1, 0.15) is 5.60 Å². The number of nitrogens with zero attached hydrogens (tertiary/aromatic N) is 1. The van der Waals surface area contributed by atoms with Crippen LogP contribution in [0.1, 0.15) is 37.6 Å². The third kappa shape index (κ3) is 3.32. The van der Waals surface area contributed by atoms with Gasteiger partial charge >= 0.3 is 5.97 Å². The number of rotatable bonds is 3. The maximum absolute atomic E-state index is 12.0. The predicted molar refractivity (Wildman–Crippen MR) is 81.3 cm³/mol. The van der Waals surface area contributed by atoms with Gasteiger partial charge in [-0.15, -0.1) is 0 Å². The van der Waals surface area contributed by atoms with Crippen molar-refractivity contribution in [3.05, 3.63) is 28.2 Å². The van der Waals surface area contributed by atoms with Crippen LogP contribution in [0.3, 0.4) is 0 Å². The van der Waals surface area contributed by atoms with Gasteiger partial charge in [-0.05, 0) is 48.8 Å². The number of amides is 1. The summed E-state index contributed by atoms with van der Waals surface area (Å²) in [6.07, 6.45) is 0.0388. The van der Waals surface area contributed by atoms with Crippen molar-refractivity contribution in [2.75, 3.05) is 11.4 Å². The zero-order chi connectivity index (χ0) is 15.8. The van der Waals surface area contributed by atoms with E-state index in [4.69, 9.17) is 4.74 Å². The molecule has 1 aliphatic heterocycles. The van der Waals surface area contributed by atoms with E-state index in [9.17, 15) is 14.4 Å². The quantitative estimate of drug-likeness (QED) is 0.619. The molecule has 1 aromatic rings. The molecule has 1 amide bonds. The van der Waals surface area contributed by atoms with Crippen molar-refractivity contribution in [2.24, 2.45) is 0 Å². The van der Waals surface area contributed by atoms with Crippen LogP contribution < -0.4 is 4.90 Å². The van der Waals surface area contributed by atoms with Crippen molar-refractivity contribution in [2.45, 2.75) is 32.8 Å². The van der Waals surface area contributed by atoms with E-state index >= 15 is 0 Å². The summed E-state index contributed by atoms with van der Waals surface area (Å²) >= 11 is 3.34. The first-order chi connectivity index (χ1) is 9.70. The number of carbonyl (C=O) groups excluding carboxylic acids is 3. The SMILES string of the molecule is CC(C)(C)OC(=O)CCN1C(=O)C(=O)c2cccc(Br)c21. The van der Waals surface area contributed by atoms with Gasteiger partial charge in [-0.2, -0.15) is 0 Å². The van der Waals surface area contributed by atoms with Crippen LogP contribution in [-0.4, -0.2) is 29.8 Å². The van der Waals surface area contributed by atoms with E-state index in [1.807, 2.05) is 0 Å². The molecule has 0 aromatic heterocycles. The summed E-state index contributed by atoms with van der Waals surface area (Å²) in [6, 6.07) is 5.06. The molecule has 1 aliphatic rings. The normalized spacial score (nSPS) is 14.4. The summed E-state index contributed by atoms with van der Waals surface area (Å²) in [5.41, 5.74) is 0.315. The largest absolute Gasteiger partial charge is 0.460 e. The number of carbonyl (C=O) groups is 3. The second-order valence-corrected chi connectivity index (χ2v) is 6.61. The zero-order valence-corrected chi connectivity index (χ0v) is 13.7. The molecule has 0 fully saturated rings. The molecule has 0 saturated heterocycles. The van der Waals surface area contributed by atoms with Crippen LogP contribution in [0.2, 0.25) is 0 Å². The van der Waals surface area contributed by atoms with Crippen molar-refractivity contribution >= 4 is 39.3 Å². The van der Waals surface area contributed by atoms with Crippen LogP contribution in [0, 0.1) is 0 Å². The second-order valence-electron chi connectivity index (χ2n) is 5.76. The lowest BCUT2D eigenvalue weighted by Gasteiger charge is -2.21. The number of hydrogen-bond acceptors (Lipinski definition) is 4. The number of Topliss-reactive ketones (excluding diaryl/α,β-unsaturated/α-hetero) is 1. The summed E-state index contributed by atoms with van der Waals surface area (Å²) in [7, 11) is 0. The van der Waals surface area contributed by atoms with E-state index < -0.39 is 23.3 Å². The highest BCUT2D eigenvalue weighted by atomic mass is 79.9. The van der Waals surface area contributed by atoms with Crippen molar-refractivity contribution in [1.82, 2.24) is 0 Å². The Bertz CT molecular complexity index is 619. The van der Waals surface area contributed by atoms with Crippen molar-refractivity contribution in [1.29, 1.82) is 0 Å². The van der Waals surface area contributed by atoms with Gasteiger partial charge in [-0.1, -0.05) is 6.07 Å². The van der Waals surface area contributed by atoms with E-state index in [1.165, 1.54) is 4.90 Å². The summed E-state index contributed by atoms with van der Waals surface area (Å²) in [5, 5.41) is 0. The predicted octanol–water partition coefficient (Wildman–Crippen LogP) is 2.71. The van der Waals surface area contributed by atoms with Crippen LogP contribution >= 0.6 is 15.9 Å². The molecule has 1 aromatic carbocycles. The lowest BCUT2D eigenvalue weighted by atomic mass is 10.1. The highest BCUT2D eigenvalue weighted by Crippen LogP contribution is 2.35. The highest BCUT2D eigenvalue weighted by molar-refractivity contribution is 9.10. The van der Waals surface area contributed by atoms with Gasteiger partial charge in [0.15, 0.2) is 0 Å². The highest BCUT2D eigenvalue weighted by Gasteiger charge is 2.37. The van der Waals surface area contributed by atoms with Gasteiger partial charge in [0.2, 0.25) is 0 Å². The van der Waals surface area contributed by atoms with Gasteiger partial charge in [-0.25, -0.2) is 0 Å². The van der Waals surface area contributed by atoms with Crippen LogP contribution in [0.15, 0.2) is 22.7 Å². The van der Waals surface area contributed by atoms with Gasteiger partial charge in [0.25, 0.3) is 11.7 Å². The molecule has 5 nitrogen and oxygen atoms in total. The lowest BCUT2D eigenvalue weighted by molar-refractivity contribution is -0.154. The molecule has 1 heterocycles. The minimum absolute atomic E-state index is 0.0388. The average molecular weight is 354 g/mol.